The van der Waals surface area contributed by atoms with Gasteiger partial charge in [-0.05, 0) is 68.4 Å². The summed E-state index contributed by atoms with van der Waals surface area (Å²) >= 11 is 0. The van der Waals surface area contributed by atoms with Crippen LogP contribution in [0.3, 0.4) is 0 Å². The van der Waals surface area contributed by atoms with E-state index in [4.69, 9.17) is 9.72 Å². The van der Waals surface area contributed by atoms with Crippen LogP contribution < -0.4 is 9.64 Å². The second-order valence-corrected chi connectivity index (χ2v) is 9.66. The Morgan fingerprint density at radius 3 is 2.39 bits per heavy atom. The lowest BCUT2D eigenvalue weighted by molar-refractivity contribution is 0.218. The highest BCUT2D eigenvalue weighted by molar-refractivity contribution is 5.70. The number of fused-ring (bicyclic) bond motifs is 3. The zero-order valence-corrected chi connectivity index (χ0v) is 19.5. The first-order valence-corrected chi connectivity index (χ1v) is 12.3. The molecule has 6 heteroatoms. The van der Waals surface area contributed by atoms with Gasteiger partial charge in [0.05, 0.1) is 11.4 Å². The van der Waals surface area contributed by atoms with Gasteiger partial charge in [0.2, 0.25) is 0 Å². The van der Waals surface area contributed by atoms with E-state index in [1.54, 1.807) is 0 Å². The molecular formula is C27H33N5O. The summed E-state index contributed by atoms with van der Waals surface area (Å²) in [5, 5.41) is 0. The molecule has 0 atom stereocenters. The molecule has 2 saturated heterocycles. The molecule has 3 aromatic rings. The van der Waals surface area contributed by atoms with Gasteiger partial charge in [0.25, 0.3) is 0 Å². The largest absolute Gasteiger partial charge is 0.483 e. The number of anilines is 1. The van der Waals surface area contributed by atoms with Gasteiger partial charge in [-0.25, -0.2) is 4.98 Å². The van der Waals surface area contributed by atoms with Gasteiger partial charge in [-0.1, -0.05) is 24.6 Å². The molecule has 2 aromatic carbocycles. The molecule has 4 heterocycles. The van der Waals surface area contributed by atoms with E-state index in [1.165, 1.54) is 49.2 Å². The normalized spacial score (nSPS) is 19.1. The van der Waals surface area contributed by atoms with Crippen LogP contribution in [-0.2, 0) is 13.2 Å². The Hall–Kier alpha value is -2.83. The van der Waals surface area contributed by atoms with Crippen LogP contribution in [0.2, 0.25) is 0 Å². The Kier molecular flexibility index (Phi) is 5.56. The second-order valence-electron chi connectivity index (χ2n) is 9.66. The van der Waals surface area contributed by atoms with Gasteiger partial charge in [0, 0.05) is 44.6 Å². The van der Waals surface area contributed by atoms with Crippen LogP contribution in [0.1, 0.15) is 30.8 Å². The molecule has 0 bridgehead atoms. The number of piperidine rings is 1. The molecule has 3 aliphatic rings. The number of ether oxygens (including phenoxy) is 1. The summed E-state index contributed by atoms with van der Waals surface area (Å²) in [6.07, 6.45) is 6.17. The Morgan fingerprint density at radius 2 is 1.61 bits per heavy atom. The Bertz CT molecular complexity index is 1110. The summed E-state index contributed by atoms with van der Waals surface area (Å²) in [6, 6.07) is 15.5. The maximum atomic E-state index is 6.13. The summed E-state index contributed by atoms with van der Waals surface area (Å²) < 4.78 is 8.36. The highest BCUT2D eigenvalue weighted by atomic mass is 16.5. The first-order valence-electron chi connectivity index (χ1n) is 12.3. The first kappa shape index (κ1) is 20.8. The van der Waals surface area contributed by atoms with E-state index >= 15 is 0 Å². The number of likely N-dealkylation sites (tertiary alicyclic amines) is 1. The SMILES string of the molecule is CN1CCN(c2ccc(-c3ccc4c(c3)OCc3nc(CN5CCCCC5)cn3-4)cc2)CC1. The van der Waals surface area contributed by atoms with Crippen molar-refractivity contribution in [3.63, 3.8) is 0 Å². The quantitative estimate of drug-likeness (QED) is 0.605. The number of hydrogen-bond acceptors (Lipinski definition) is 5. The van der Waals surface area contributed by atoms with Gasteiger partial charge in [-0.2, -0.15) is 0 Å². The van der Waals surface area contributed by atoms with Crippen molar-refractivity contribution in [3.05, 3.63) is 60.2 Å². The molecule has 0 aliphatic carbocycles. The number of benzene rings is 2. The van der Waals surface area contributed by atoms with Crippen molar-refractivity contribution in [2.75, 3.05) is 51.2 Å². The van der Waals surface area contributed by atoms with Crippen LogP contribution in [0.4, 0.5) is 5.69 Å². The lowest BCUT2D eigenvalue weighted by Gasteiger charge is -2.34. The maximum absolute atomic E-state index is 6.13. The minimum absolute atomic E-state index is 0.527. The summed E-state index contributed by atoms with van der Waals surface area (Å²) in [5.74, 6) is 1.93. The fraction of sp³-hybridized carbons (Fsp3) is 0.444. The fourth-order valence-electron chi connectivity index (χ4n) is 5.29. The van der Waals surface area contributed by atoms with E-state index < -0.39 is 0 Å². The fourth-order valence-corrected chi connectivity index (χ4v) is 5.29. The number of hydrogen-bond donors (Lipinski definition) is 0. The van der Waals surface area contributed by atoms with Crippen LogP contribution in [0.5, 0.6) is 5.75 Å². The average Bonchev–Trinajstić information content (AvgIpc) is 3.28. The monoisotopic (exact) mass is 443 g/mol. The van der Waals surface area contributed by atoms with Crippen LogP contribution >= 0.6 is 0 Å². The highest BCUT2D eigenvalue weighted by Gasteiger charge is 2.21. The molecule has 2 fully saturated rings. The number of aromatic nitrogens is 2. The van der Waals surface area contributed by atoms with Crippen molar-refractivity contribution < 1.29 is 4.74 Å². The molecule has 0 saturated carbocycles. The van der Waals surface area contributed by atoms with Crippen molar-refractivity contribution in [2.24, 2.45) is 0 Å². The van der Waals surface area contributed by atoms with Crippen LogP contribution in [-0.4, -0.2) is 65.7 Å². The van der Waals surface area contributed by atoms with Crippen molar-refractivity contribution in [1.82, 2.24) is 19.4 Å². The standard InChI is InChI=1S/C27H33N5O/c1-29-13-15-31(16-14-29)24-8-5-21(6-9-24)22-7-10-25-26(17-22)33-20-27-28-23(19-32(25)27)18-30-11-3-2-4-12-30/h5-10,17,19H,2-4,11-16,18,20H2,1H3. The Labute approximate surface area is 196 Å². The molecule has 0 unspecified atom stereocenters. The number of rotatable bonds is 4. The molecule has 6 rings (SSSR count). The van der Waals surface area contributed by atoms with E-state index in [-0.39, 0.29) is 0 Å². The maximum Gasteiger partial charge on any atom is 0.151 e. The molecular weight excluding hydrogens is 410 g/mol. The van der Waals surface area contributed by atoms with Gasteiger partial charge in [-0.15, -0.1) is 0 Å². The number of nitrogens with zero attached hydrogens (tertiary/aromatic N) is 5. The predicted octanol–water partition coefficient (Wildman–Crippen LogP) is 4.17. The zero-order chi connectivity index (χ0) is 22.2. The second kappa shape index (κ2) is 8.84. The van der Waals surface area contributed by atoms with Crippen molar-refractivity contribution in [2.45, 2.75) is 32.4 Å². The summed E-state index contributed by atoms with van der Waals surface area (Å²) in [4.78, 5) is 12.3. The highest BCUT2D eigenvalue weighted by Crippen LogP contribution is 2.35. The molecule has 3 aliphatic heterocycles. The third-order valence-corrected chi connectivity index (χ3v) is 7.31. The third kappa shape index (κ3) is 4.25. The lowest BCUT2D eigenvalue weighted by atomic mass is 10.0. The lowest BCUT2D eigenvalue weighted by Crippen LogP contribution is -2.44. The molecule has 6 nitrogen and oxygen atoms in total. The molecule has 0 radical (unpaired) electrons. The van der Waals surface area contributed by atoms with E-state index in [9.17, 15) is 0 Å². The zero-order valence-electron chi connectivity index (χ0n) is 19.5. The van der Waals surface area contributed by atoms with E-state index in [0.717, 1.165) is 55.7 Å². The average molecular weight is 444 g/mol. The summed E-state index contributed by atoms with van der Waals surface area (Å²) in [5.41, 5.74) is 5.96. The van der Waals surface area contributed by atoms with Gasteiger partial charge in [-0.3, -0.25) is 9.47 Å². The topological polar surface area (TPSA) is 36.8 Å². The molecule has 33 heavy (non-hydrogen) atoms. The molecule has 0 spiro atoms. The van der Waals surface area contributed by atoms with E-state index in [0.29, 0.717) is 6.61 Å². The number of piperazine rings is 1. The smallest absolute Gasteiger partial charge is 0.151 e. The number of likely N-dealkylation sites (N-methyl/N-ethyl adjacent to an activating group) is 1. The van der Waals surface area contributed by atoms with E-state index in [2.05, 4.69) is 75.0 Å². The Balaban J connectivity index is 1.20. The van der Waals surface area contributed by atoms with Gasteiger partial charge < -0.3 is 14.5 Å². The third-order valence-electron chi connectivity index (χ3n) is 7.31. The predicted molar refractivity (Wildman–Crippen MR) is 132 cm³/mol. The minimum atomic E-state index is 0.527. The van der Waals surface area contributed by atoms with Crippen molar-refractivity contribution >= 4 is 5.69 Å². The summed E-state index contributed by atoms with van der Waals surface area (Å²) in [6.45, 7) is 8.27. The minimum Gasteiger partial charge on any atom is -0.483 e. The van der Waals surface area contributed by atoms with Crippen molar-refractivity contribution in [1.29, 1.82) is 0 Å². The van der Waals surface area contributed by atoms with Crippen molar-refractivity contribution in [3.8, 4) is 22.6 Å². The van der Waals surface area contributed by atoms with Gasteiger partial charge in [0.1, 0.15) is 12.4 Å². The van der Waals surface area contributed by atoms with Crippen LogP contribution in [0, 0.1) is 0 Å². The molecule has 0 N–H and O–H groups in total. The van der Waals surface area contributed by atoms with Gasteiger partial charge >= 0.3 is 0 Å². The first-order chi connectivity index (χ1) is 16.2. The van der Waals surface area contributed by atoms with Gasteiger partial charge in [0.15, 0.2) is 5.82 Å². The molecule has 1 aromatic heterocycles. The number of imidazole rings is 1. The Morgan fingerprint density at radius 1 is 0.848 bits per heavy atom. The molecule has 0 amide bonds. The van der Waals surface area contributed by atoms with E-state index in [1.807, 2.05) is 0 Å². The van der Waals surface area contributed by atoms with Crippen LogP contribution in [0.15, 0.2) is 48.7 Å². The molecule has 172 valence electrons. The van der Waals surface area contributed by atoms with Crippen LogP contribution in [0.25, 0.3) is 16.8 Å². The summed E-state index contributed by atoms with van der Waals surface area (Å²) in [7, 11) is 2.20.